The lowest BCUT2D eigenvalue weighted by Gasteiger charge is -2.11. The van der Waals surface area contributed by atoms with E-state index in [-0.39, 0.29) is 0 Å². The van der Waals surface area contributed by atoms with Gasteiger partial charge in [-0.05, 0) is 31.0 Å². The molecule has 0 radical (unpaired) electrons. The molecule has 3 heteroatoms. The molecule has 0 aliphatic heterocycles. The summed E-state index contributed by atoms with van der Waals surface area (Å²) in [6.45, 7) is 8.37. The Bertz CT molecular complexity index is 386. The van der Waals surface area contributed by atoms with Gasteiger partial charge in [0, 0.05) is 16.6 Å². The van der Waals surface area contributed by atoms with Crippen LogP contribution in [0.4, 0.5) is 0 Å². The van der Waals surface area contributed by atoms with E-state index < -0.39 is 0 Å². The summed E-state index contributed by atoms with van der Waals surface area (Å²) in [4.78, 5) is 0. The standard InChI is InChI=1S/C15H21BrO2/c1-4-17-9-5-6-13-10-14(16)7-8-15(13)18-11-12(2)3/h5-8,10,12H,4,9,11H2,1-3H3. The highest BCUT2D eigenvalue weighted by atomic mass is 79.9. The molecule has 0 aliphatic carbocycles. The monoisotopic (exact) mass is 312 g/mol. The Balaban J connectivity index is 2.73. The van der Waals surface area contributed by atoms with Gasteiger partial charge in [0.05, 0.1) is 13.2 Å². The summed E-state index contributed by atoms with van der Waals surface area (Å²) >= 11 is 3.48. The van der Waals surface area contributed by atoms with Gasteiger partial charge in [-0.25, -0.2) is 0 Å². The number of halogens is 1. The second-order valence-electron chi connectivity index (χ2n) is 4.45. The van der Waals surface area contributed by atoms with E-state index in [1.165, 1.54) is 0 Å². The molecular formula is C15H21BrO2. The van der Waals surface area contributed by atoms with Gasteiger partial charge in [-0.3, -0.25) is 0 Å². The van der Waals surface area contributed by atoms with Gasteiger partial charge in [0.15, 0.2) is 0 Å². The summed E-state index contributed by atoms with van der Waals surface area (Å²) in [5.74, 6) is 1.44. The molecule has 0 aliphatic rings. The highest BCUT2D eigenvalue weighted by Crippen LogP contribution is 2.25. The van der Waals surface area contributed by atoms with Gasteiger partial charge in [-0.1, -0.05) is 41.9 Å². The predicted octanol–water partition coefficient (Wildman–Crippen LogP) is 4.53. The zero-order chi connectivity index (χ0) is 13.4. The van der Waals surface area contributed by atoms with Crippen LogP contribution in [0.2, 0.25) is 0 Å². The van der Waals surface area contributed by atoms with Crippen LogP contribution in [0, 0.1) is 5.92 Å². The number of rotatable bonds is 7. The van der Waals surface area contributed by atoms with Crippen molar-refractivity contribution < 1.29 is 9.47 Å². The van der Waals surface area contributed by atoms with Gasteiger partial charge in [0.25, 0.3) is 0 Å². The molecule has 0 spiro atoms. The first-order chi connectivity index (χ1) is 8.63. The van der Waals surface area contributed by atoms with Crippen molar-refractivity contribution in [3.8, 4) is 5.75 Å². The zero-order valence-electron chi connectivity index (χ0n) is 11.3. The van der Waals surface area contributed by atoms with Crippen molar-refractivity contribution in [1.82, 2.24) is 0 Å². The van der Waals surface area contributed by atoms with Crippen molar-refractivity contribution in [1.29, 1.82) is 0 Å². The molecule has 1 aromatic rings. The molecule has 2 nitrogen and oxygen atoms in total. The number of hydrogen-bond acceptors (Lipinski definition) is 2. The second-order valence-corrected chi connectivity index (χ2v) is 5.36. The van der Waals surface area contributed by atoms with Crippen molar-refractivity contribution in [2.24, 2.45) is 5.92 Å². The van der Waals surface area contributed by atoms with E-state index in [1.54, 1.807) is 0 Å². The maximum atomic E-state index is 5.80. The third kappa shape index (κ3) is 5.69. The SMILES string of the molecule is CCOCC=Cc1cc(Br)ccc1OCC(C)C. The Morgan fingerprint density at radius 2 is 2.11 bits per heavy atom. The molecule has 0 saturated carbocycles. The number of ether oxygens (including phenoxy) is 2. The highest BCUT2D eigenvalue weighted by molar-refractivity contribution is 9.10. The second kappa shape index (κ2) is 8.33. The zero-order valence-corrected chi connectivity index (χ0v) is 12.9. The first-order valence-electron chi connectivity index (χ1n) is 6.30. The Hall–Kier alpha value is -0.800. The number of hydrogen-bond donors (Lipinski definition) is 0. The Morgan fingerprint density at radius 1 is 1.33 bits per heavy atom. The van der Waals surface area contributed by atoms with Crippen LogP contribution in [-0.4, -0.2) is 19.8 Å². The molecular weight excluding hydrogens is 292 g/mol. The van der Waals surface area contributed by atoms with Crippen molar-refractivity contribution in [3.63, 3.8) is 0 Å². The van der Waals surface area contributed by atoms with E-state index in [4.69, 9.17) is 9.47 Å². The smallest absolute Gasteiger partial charge is 0.126 e. The minimum atomic E-state index is 0.522. The first kappa shape index (κ1) is 15.3. The molecule has 18 heavy (non-hydrogen) atoms. The number of benzene rings is 1. The normalized spacial score (nSPS) is 11.4. The van der Waals surface area contributed by atoms with Gasteiger partial charge < -0.3 is 9.47 Å². The molecule has 0 saturated heterocycles. The molecule has 0 bridgehead atoms. The third-order valence-corrected chi connectivity index (χ3v) is 2.75. The van der Waals surface area contributed by atoms with Crippen LogP contribution in [0.5, 0.6) is 5.75 Å². The van der Waals surface area contributed by atoms with E-state index in [0.29, 0.717) is 12.5 Å². The molecule has 0 amide bonds. The minimum Gasteiger partial charge on any atom is -0.493 e. The fourth-order valence-electron chi connectivity index (χ4n) is 1.40. The van der Waals surface area contributed by atoms with Crippen LogP contribution >= 0.6 is 15.9 Å². The summed E-state index contributed by atoms with van der Waals surface area (Å²) in [5, 5.41) is 0. The van der Waals surface area contributed by atoms with Crippen molar-refractivity contribution in [2.75, 3.05) is 19.8 Å². The van der Waals surface area contributed by atoms with Crippen LogP contribution in [0.15, 0.2) is 28.7 Å². The van der Waals surface area contributed by atoms with Crippen LogP contribution in [0.1, 0.15) is 26.3 Å². The Kier molecular flexibility index (Phi) is 7.06. The molecule has 0 heterocycles. The lowest BCUT2D eigenvalue weighted by Crippen LogP contribution is -2.05. The van der Waals surface area contributed by atoms with Crippen LogP contribution in [0.25, 0.3) is 6.08 Å². The lowest BCUT2D eigenvalue weighted by atomic mass is 10.2. The van der Waals surface area contributed by atoms with Crippen LogP contribution in [-0.2, 0) is 4.74 Å². The molecule has 100 valence electrons. The lowest BCUT2D eigenvalue weighted by molar-refractivity contribution is 0.178. The van der Waals surface area contributed by atoms with Gasteiger partial charge in [-0.15, -0.1) is 0 Å². The van der Waals surface area contributed by atoms with E-state index in [1.807, 2.05) is 31.2 Å². The van der Waals surface area contributed by atoms with Crippen molar-refractivity contribution >= 4 is 22.0 Å². The largest absolute Gasteiger partial charge is 0.493 e. The maximum absolute atomic E-state index is 5.80. The van der Waals surface area contributed by atoms with E-state index in [2.05, 4.69) is 35.8 Å². The van der Waals surface area contributed by atoms with Crippen molar-refractivity contribution in [2.45, 2.75) is 20.8 Å². The minimum absolute atomic E-state index is 0.522. The highest BCUT2D eigenvalue weighted by Gasteiger charge is 2.03. The predicted molar refractivity (Wildman–Crippen MR) is 80.0 cm³/mol. The molecule has 1 rings (SSSR count). The van der Waals surface area contributed by atoms with Crippen LogP contribution in [0.3, 0.4) is 0 Å². The fourth-order valence-corrected chi connectivity index (χ4v) is 1.78. The summed E-state index contributed by atoms with van der Waals surface area (Å²) in [5.41, 5.74) is 1.07. The maximum Gasteiger partial charge on any atom is 0.126 e. The van der Waals surface area contributed by atoms with Crippen LogP contribution < -0.4 is 4.74 Å². The average Bonchev–Trinajstić information content (AvgIpc) is 2.33. The summed E-state index contributed by atoms with van der Waals surface area (Å²) in [6, 6.07) is 6.04. The molecule has 0 unspecified atom stereocenters. The van der Waals surface area contributed by atoms with E-state index >= 15 is 0 Å². The molecule has 0 aromatic heterocycles. The van der Waals surface area contributed by atoms with Gasteiger partial charge in [0.2, 0.25) is 0 Å². The fraction of sp³-hybridized carbons (Fsp3) is 0.467. The van der Waals surface area contributed by atoms with Gasteiger partial charge in [-0.2, -0.15) is 0 Å². The summed E-state index contributed by atoms with van der Waals surface area (Å²) in [6.07, 6.45) is 4.05. The van der Waals surface area contributed by atoms with Gasteiger partial charge >= 0.3 is 0 Å². The topological polar surface area (TPSA) is 18.5 Å². The molecule has 0 N–H and O–H groups in total. The quantitative estimate of drug-likeness (QED) is 0.688. The Labute approximate surface area is 118 Å². The van der Waals surface area contributed by atoms with Crippen molar-refractivity contribution in [3.05, 3.63) is 34.3 Å². The molecule has 0 fully saturated rings. The average molecular weight is 313 g/mol. The molecule has 1 aromatic carbocycles. The van der Waals surface area contributed by atoms with E-state index in [0.717, 1.165) is 29.0 Å². The van der Waals surface area contributed by atoms with E-state index in [9.17, 15) is 0 Å². The Morgan fingerprint density at radius 3 is 2.78 bits per heavy atom. The molecule has 0 atom stereocenters. The summed E-state index contributed by atoms with van der Waals surface area (Å²) in [7, 11) is 0. The first-order valence-corrected chi connectivity index (χ1v) is 7.09. The third-order valence-electron chi connectivity index (χ3n) is 2.26. The van der Waals surface area contributed by atoms with Gasteiger partial charge in [0.1, 0.15) is 5.75 Å². The summed E-state index contributed by atoms with van der Waals surface area (Å²) < 4.78 is 12.1.